The van der Waals surface area contributed by atoms with E-state index in [0.717, 1.165) is 0 Å². The van der Waals surface area contributed by atoms with Crippen LogP contribution in [0.3, 0.4) is 0 Å². The van der Waals surface area contributed by atoms with Crippen molar-refractivity contribution in [3.8, 4) is 5.69 Å². The summed E-state index contributed by atoms with van der Waals surface area (Å²) in [5, 5.41) is 15.0. The molecule has 0 aliphatic rings. The zero-order valence-electron chi connectivity index (χ0n) is 11.9. The molecule has 0 fully saturated rings. The van der Waals surface area contributed by atoms with Crippen molar-refractivity contribution in [1.82, 2.24) is 20.0 Å². The van der Waals surface area contributed by atoms with Gasteiger partial charge in [-0.05, 0) is 31.2 Å². The Labute approximate surface area is 133 Å². The maximum Gasteiger partial charge on any atom is 0.282 e. The van der Waals surface area contributed by atoms with Gasteiger partial charge in [0.2, 0.25) is 10.6 Å². The van der Waals surface area contributed by atoms with Crippen molar-refractivity contribution < 1.29 is 9.18 Å². The Morgan fingerprint density at radius 2 is 1.96 bits per heavy atom. The van der Waals surface area contributed by atoms with Gasteiger partial charge >= 0.3 is 0 Å². The smallest absolute Gasteiger partial charge is 0.282 e. The van der Waals surface area contributed by atoms with Crippen LogP contribution in [0.4, 0.5) is 9.52 Å². The first-order valence-electron chi connectivity index (χ1n) is 6.50. The number of carbonyl (C=O) groups excluding carboxylic acids is 1. The Kier molecular flexibility index (Phi) is 3.94. The molecule has 2 heterocycles. The summed E-state index contributed by atoms with van der Waals surface area (Å²) in [6.07, 6.45) is 1.40. The molecule has 1 N–H and O–H groups in total. The van der Waals surface area contributed by atoms with Gasteiger partial charge in [0.25, 0.3) is 5.91 Å². The fraction of sp³-hybridized carbons (Fsp3) is 0.0714. The summed E-state index contributed by atoms with van der Waals surface area (Å²) < 4.78 is 14.3. The lowest BCUT2D eigenvalue weighted by Gasteiger charge is -2.06. The summed E-state index contributed by atoms with van der Waals surface area (Å²) in [6, 6.07) is 6.72. The Hall–Kier alpha value is -2.94. The number of hydrogen-bond donors (Lipinski definition) is 1. The molecule has 9 heteroatoms. The predicted octanol–water partition coefficient (Wildman–Crippen LogP) is 1.78. The van der Waals surface area contributed by atoms with E-state index in [0.29, 0.717) is 10.7 Å². The summed E-state index contributed by atoms with van der Waals surface area (Å²) in [7, 11) is 0. The van der Waals surface area contributed by atoms with E-state index >= 15 is 0 Å². The van der Waals surface area contributed by atoms with Crippen molar-refractivity contribution in [1.29, 1.82) is 0 Å². The number of nitrogens with zero attached hydrogens (tertiary/aromatic N) is 4. The Bertz CT molecular complexity index is 919. The van der Waals surface area contributed by atoms with Crippen molar-refractivity contribution in [2.24, 2.45) is 0 Å². The highest BCUT2D eigenvalue weighted by Crippen LogP contribution is 2.14. The van der Waals surface area contributed by atoms with E-state index in [9.17, 15) is 14.0 Å². The van der Waals surface area contributed by atoms with Gasteiger partial charge < -0.3 is 0 Å². The van der Waals surface area contributed by atoms with E-state index in [1.807, 2.05) is 0 Å². The highest BCUT2D eigenvalue weighted by Gasteiger charge is 2.15. The third-order valence-electron chi connectivity index (χ3n) is 2.86. The quantitative estimate of drug-likeness (QED) is 0.790. The number of halogens is 1. The molecule has 3 aromatic rings. The van der Waals surface area contributed by atoms with Gasteiger partial charge in [-0.1, -0.05) is 11.3 Å². The molecular weight excluding hydrogens is 321 g/mol. The largest absolute Gasteiger partial charge is 0.295 e. The van der Waals surface area contributed by atoms with Gasteiger partial charge in [-0.3, -0.25) is 14.9 Å². The minimum Gasteiger partial charge on any atom is -0.295 e. The van der Waals surface area contributed by atoms with Crippen LogP contribution >= 0.6 is 11.3 Å². The molecule has 0 unspecified atom stereocenters. The van der Waals surface area contributed by atoms with Gasteiger partial charge in [0.15, 0.2) is 5.69 Å². The van der Waals surface area contributed by atoms with Gasteiger partial charge in [-0.25, -0.2) is 9.07 Å². The van der Waals surface area contributed by atoms with E-state index < -0.39 is 11.3 Å². The maximum absolute atomic E-state index is 13.0. The van der Waals surface area contributed by atoms with Crippen LogP contribution in [0, 0.1) is 12.7 Å². The highest BCUT2D eigenvalue weighted by atomic mass is 32.1. The Balaban J connectivity index is 1.92. The van der Waals surface area contributed by atoms with Gasteiger partial charge in [0.05, 0.1) is 5.69 Å². The fourth-order valence-electron chi connectivity index (χ4n) is 1.81. The molecule has 116 valence electrons. The molecular formula is C14H10FN5O2S. The SMILES string of the molecule is Cc1nnc(NC(=O)c2nn(-c3ccc(F)cc3)ccc2=O)s1. The van der Waals surface area contributed by atoms with Crippen LogP contribution in [-0.2, 0) is 0 Å². The van der Waals surface area contributed by atoms with Gasteiger partial charge in [-0.15, -0.1) is 10.2 Å². The van der Waals surface area contributed by atoms with Gasteiger partial charge in [0, 0.05) is 12.3 Å². The normalized spacial score (nSPS) is 10.5. The molecule has 7 nitrogen and oxygen atoms in total. The zero-order valence-corrected chi connectivity index (χ0v) is 12.7. The average Bonchev–Trinajstić information content (AvgIpc) is 2.93. The second kappa shape index (κ2) is 6.05. The van der Waals surface area contributed by atoms with Crippen LogP contribution in [0.25, 0.3) is 5.69 Å². The van der Waals surface area contributed by atoms with Gasteiger partial charge in [0.1, 0.15) is 10.8 Å². The molecule has 0 saturated carbocycles. The fourth-order valence-corrected chi connectivity index (χ4v) is 2.39. The van der Waals surface area contributed by atoms with Crippen LogP contribution in [0.1, 0.15) is 15.5 Å². The number of aryl methyl sites for hydroxylation is 1. The molecule has 1 aromatic carbocycles. The summed E-state index contributed by atoms with van der Waals surface area (Å²) >= 11 is 1.19. The van der Waals surface area contributed by atoms with Gasteiger partial charge in [-0.2, -0.15) is 5.10 Å². The first-order valence-corrected chi connectivity index (χ1v) is 7.32. The number of rotatable bonds is 3. The molecule has 2 aromatic heterocycles. The summed E-state index contributed by atoms with van der Waals surface area (Å²) in [6.45, 7) is 1.75. The first-order chi connectivity index (χ1) is 11.0. The minimum absolute atomic E-state index is 0.283. The number of nitrogens with one attached hydrogen (secondary N) is 1. The third kappa shape index (κ3) is 3.29. The van der Waals surface area contributed by atoms with E-state index in [1.54, 1.807) is 6.92 Å². The summed E-state index contributed by atoms with van der Waals surface area (Å²) in [5.74, 6) is -1.07. The van der Waals surface area contributed by atoms with Crippen molar-refractivity contribution >= 4 is 22.4 Å². The topological polar surface area (TPSA) is 89.8 Å². The molecule has 0 radical (unpaired) electrons. The van der Waals surface area contributed by atoms with E-state index in [4.69, 9.17) is 0 Å². The molecule has 1 amide bonds. The molecule has 23 heavy (non-hydrogen) atoms. The lowest BCUT2D eigenvalue weighted by atomic mass is 10.3. The van der Waals surface area contributed by atoms with Crippen LogP contribution < -0.4 is 10.7 Å². The lowest BCUT2D eigenvalue weighted by molar-refractivity contribution is 0.101. The second-order valence-corrected chi connectivity index (χ2v) is 5.71. The van der Waals surface area contributed by atoms with Crippen molar-refractivity contribution in [3.63, 3.8) is 0 Å². The Morgan fingerprint density at radius 3 is 2.61 bits per heavy atom. The second-order valence-electron chi connectivity index (χ2n) is 4.53. The van der Waals surface area contributed by atoms with E-state index in [-0.39, 0.29) is 16.6 Å². The van der Waals surface area contributed by atoms with Crippen LogP contribution in [0.15, 0.2) is 41.3 Å². The summed E-state index contributed by atoms with van der Waals surface area (Å²) in [4.78, 5) is 24.0. The number of hydrogen-bond acceptors (Lipinski definition) is 6. The molecule has 0 aliphatic carbocycles. The van der Waals surface area contributed by atoms with Crippen molar-refractivity contribution in [3.05, 3.63) is 63.3 Å². The number of carbonyl (C=O) groups is 1. The number of aromatic nitrogens is 4. The van der Waals surface area contributed by atoms with Crippen LogP contribution in [0.5, 0.6) is 0 Å². The minimum atomic E-state index is -0.678. The van der Waals surface area contributed by atoms with Crippen LogP contribution in [-0.4, -0.2) is 25.9 Å². The van der Waals surface area contributed by atoms with Crippen LogP contribution in [0.2, 0.25) is 0 Å². The molecule has 0 bridgehead atoms. The number of anilines is 1. The third-order valence-corrected chi connectivity index (χ3v) is 3.62. The Morgan fingerprint density at radius 1 is 1.22 bits per heavy atom. The molecule has 0 saturated heterocycles. The molecule has 0 spiro atoms. The van der Waals surface area contributed by atoms with Crippen molar-refractivity contribution in [2.75, 3.05) is 5.32 Å². The zero-order chi connectivity index (χ0) is 16.4. The summed E-state index contributed by atoms with van der Waals surface area (Å²) in [5.41, 5.74) is -0.293. The monoisotopic (exact) mass is 331 g/mol. The van der Waals surface area contributed by atoms with Crippen molar-refractivity contribution in [2.45, 2.75) is 6.92 Å². The molecule has 0 aliphatic heterocycles. The maximum atomic E-state index is 13.0. The lowest BCUT2D eigenvalue weighted by Crippen LogP contribution is -2.25. The first kappa shape index (κ1) is 15.0. The number of benzene rings is 1. The van der Waals surface area contributed by atoms with E-state index in [2.05, 4.69) is 20.6 Å². The molecule has 0 atom stereocenters. The molecule has 3 rings (SSSR count). The highest BCUT2D eigenvalue weighted by molar-refractivity contribution is 7.15. The standard InChI is InChI=1S/C14H10FN5O2S/c1-8-17-18-14(23-8)16-13(22)12-11(21)6-7-20(19-12)10-4-2-9(15)3-5-10/h2-7H,1H3,(H,16,18,22). The van der Waals surface area contributed by atoms with E-state index in [1.165, 1.54) is 52.5 Å². The average molecular weight is 331 g/mol. The number of amides is 1. The predicted molar refractivity (Wildman–Crippen MR) is 82.4 cm³/mol.